The first kappa shape index (κ1) is 19.3. The molecule has 1 aliphatic rings. The van der Waals surface area contributed by atoms with Gasteiger partial charge in [0.2, 0.25) is 0 Å². The van der Waals surface area contributed by atoms with Crippen molar-refractivity contribution in [1.29, 1.82) is 0 Å². The van der Waals surface area contributed by atoms with Crippen LogP contribution in [0.3, 0.4) is 0 Å². The lowest BCUT2D eigenvalue weighted by atomic mass is 9.91. The number of aryl methyl sites for hydroxylation is 1. The van der Waals surface area contributed by atoms with Gasteiger partial charge >= 0.3 is 0 Å². The summed E-state index contributed by atoms with van der Waals surface area (Å²) in [7, 11) is 1.87. The van der Waals surface area contributed by atoms with Gasteiger partial charge in [-0.1, -0.05) is 24.3 Å². The molecule has 4 rings (SSSR count). The highest BCUT2D eigenvalue weighted by Gasteiger charge is 2.28. The Morgan fingerprint density at radius 1 is 1.24 bits per heavy atom. The van der Waals surface area contributed by atoms with Crippen molar-refractivity contribution < 1.29 is 9.18 Å². The zero-order chi connectivity index (χ0) is 20.2. The molecule has 7 heteroatoms. The molecule has 3 aromatic rings. The molecule has 0 bridgehead atoms. The number of fused-ring (bicyclic) bond motifs is 1. The van der Waals surface area contributed by atoms with Crippen LogP contribution in [-0.2, 0) is 33.0 Å². The maximum absolute atomic E-state index is 13.8. The van der Waals surface area contributed by atoms with E-state index in [-0.39, 0.29) is 24.3 Å². The van der Waals surface area contributed by atoms with Gasteiger partial charge in [-0.25, -0.2) is 4.39 Å². The molecule has 0 saturated carbocycles. The van der Waals surface area contributed by atoms with Gasteiger partial charge in [-0.15, -0.1) is 0 Å². The number of carbonyl (C=O) groups is 1. The second-order valence-corrected chi connectivity index (χ2v) is 7.35. The quantitative estimate of drug-likeness (QED) is 0.675. The zero-order valence-electron chi connectivity index (χ0n) is 16.4. The van der Waals surface area contributed by atoms with Gasteiger partial charge in [0, 0.05) is 55.4 Å². The monoisotopic (exact) mass is 393 g/mol. The van der Waals surface area contributed by atoms with E-state index in [1.54, 1.807) is 29.1 Å². The molecule has 0 unspecified atom stereocenters. The van der Waals surface area contributed by atoms with Gasteiger partial charge in [-0.2, -0.15) is 5.10 Å². The number of nitrogens with one attached hydrogen (secondary N) is 2. The summed E-state index contributed by atoms with van der Waals surface area (Å²) in [5.74, 6) is -0.589. The van der Waals surface area contributed by atoms with Crippen LogP contribution in [0.1, 0.15) is 39.3 Å². The van der Waals surface area contributed by atoms with Crippen LogP contribution in [-0.4, -0.2) is 26.7 Å². The highest BCUT2D eigenvalue weighted by Crippen LogP contribution is 2.24. The Morgan fingerprint density at radius 3 is 2.90 bits per heavy atom. The Bertz CT molecular complexity index is 1000. The smallest absolute Gasteiger partial charge is 0.272 e. The lowest BCUT2D eigenvalue weighted by molar-refractivity contribution is 0.0943. The predicted molar refractivity (Wildman–Crippen MR) is 108 cm³/mol. The highest BCUT2D eigenvalue weighted by atomic mass is 19.1. The summed E-state index contributed by atoms with van der Waals surface area (Å²) >= 11 is 0. The van der Waals surface area contributed by atoms with Gasteiger partial charge in [0.05, 0.1) is 0 Å². The number of benzene rings is 1. The summed E-state index contributed by atoms with van der Waals surface area (Å²) < 4.78 is 15.6. The van der Waals surface area contributed by atoms with Crippen molar-refractivity contribution in [2.75, 3.05) is 0 Å². The molecule has 0 radical (unpaired) electrons. The minimum atomic E-state index is -0.324. The highest BCUT2D eigenvalue weighted by molar-refractivity contribution is 5.94. The van der Waals surface area contributed by atoms with Crippen LogP contribution in [0.15, 0.2) is 48.8 Å². The molecular weight excluding hydrogens is 369 g/mol. The lowest BCUT2D eigenvalue weighted by Crippen LogP contribution is -2.35. The van der Waals surface area contributed by atoms with Crippen molar-refractivity contribution in [2.24, 2.45) is 7.05 Å². The number of nitrogens with zero attached hydrogens (tertiary/aromatic N) is 3. The van der Waals surface area contributed by atoms with Crippen LogP contribution < -0.4 is 10.6 Å². The van der Waals surface area contributed by atoms with Crippen molar-refractivity contribution in [2.45, 2.75) is 38.4 Å². The minimum Gasteiger partial charge on any atom is -0.346 e. The summed E-state index contributed by atoms with van der Waals surface area (Å²) in [6.07, 6.45) is 6.21. The second-order valence-electron chi connectivity index (χ2n) is 7.35. The second kappa shape index (κ2) is 8.53. The summed E-state index contributed by atoms with van der Waals surface area (Å²) in [4.78, 5) is 16.9. The van der Waals surface area contributed by atoms with Crippen LogP contribution in [0.2, 0.25) is 0 Å². The Balaban J connectivity index is 1.43. The fraction of sp³-hybridized carbons (Fsp3) is 0.318. The molecule has 2 N–H and O–H groups in total. The maximum atomic E-state index is 13.8. The normalized spacial score (nSPS) is 15.7. The summed E-state index contributed by atoms with van der Waals surface area (Å²) in [6.45, 7) is 0.877. The number of hydrogen-bond donors (Lipinski definition) is 2. The summed E-state index contributed by atoms with van der Waals surface area (Å²) in [5, 5.41) is 10.8. The van der Waals surface area contributed by atoms with Crippen LogP contribution in [0, 0.1) is 5.82 Å². The number of rotatable bonds is 6. The van der Waals surface area contributed by atoms with E-state index in [1.165, 1.54) is 6.07 Å². The molecule has 1 aromatic carbocycles. The zero-order valence-corrected chi connectivity index (χ0v) is 16.4. The number of amides is 1. The first-order valence-corrected chi connectivity index (χ1v) is 9.80. The standard InChI is InChI=1S/C22H24FN5O/c1-28-20-9-8-17(25-13-15-5-4-10-24-12-15)11-18(20)21(27-28)22(29)26-14-16-6-2-3-7-19(16)23/h2-7,10,12,17,25H,8-9,11,13-14H2,1H3,(H,26,29)/t17-/m0/s1. The van der Waals surface area contributed by atoms with E-state index in [2.05, 4.69) is 20.7 Å². The third-order valence-electron chi connectivity index (χ3n) is 5.38. The molecule has 0 spiro atoms. The summed E-state index contributed by atoms with van der Waals surface area (Å²) in [6, 6.07) is 10.7. The van der Waals surface area contributed by atoms with Crippen molar-refractivity contribution in [1.82, 2.24) is 25.4 Å². The fourth-order valence-electron chi connectivity index (χ4n) is 3.81. The molecule has 6 nitrogen and oxygen atoms in total. The van der Waals surface area contributed by atoms with Gasteiger partial charge in [-0.3, -0.25) is 14.5 Å². The lowest BCUT2D eigenvalue weighted by Gasteiger charge is -2.24. The topological polar surface area (TPSA) is 71.8 Å². The number of aromatic nitrogens is 3. The number of halogens is 1. The van der Waals surface area contributed by atoms with E-state index in [0.29, 0.717) is 11.3 Å². The molecule has 1 aliphatic carbocycles. The van der Waals surface area contributed by atoms with Crippen molar-refractivity contribution >= 4 is 5.91 Å². The van der Waals surface area contributed by atoms with Crippen molar-refractivity contribution in [3.63, 3.8) is 0 Å². The van der Waals surface area contributed by atoms with E-state index in [1.807, 2.05) is 25.4 Å². The molecule has 0 fully saturated rings. The van der Waals surface area contributed by atoms with Gasteiger partial charge < -0.3 is 10.6 Å². The van der Waals surface area contributed by atoms with Crippen LogP contribution in [0.25, 0.3) is 0 Å². The van der Waals surface area contributed by atoms with Crippen molar-refractivity contribution in [3.05, 3.63) is 82.7 Å². The summed E-state index contributed by atoms with van der Waals surface area (Å²) in [5.41, 5.74) is 4.11. The molecule has 2 aromatic heterocycles. The SMILES string of the molecule is Cn1nc(C(=O)NCc2ccccc2F)c2c1CC[C@H](NCc1cccnc1)C2. The van der Waals surface area contributed by atoms with E-state index in [9.17, 15) is 9.18 Å². The maximum Gasteiger partial charge on any atom is 0.272 e. The van der Waals surface area contributed by atoms with Gasteiger partial charge in [0.25, 0.3) is 5.91 Å². The Morgan fingerprint density at radius 2 is 2.10 bits per heavy atom. The molecule has 2 heterocycles. The van der Waals surface area contributed by atoms with Gasteiger partial charge in [0.15, 0.2) is 5.69 Å². The molecular formula is C22H24FN5O. The number of carbonyl (C=O) groups excluding carboxylic acids is 1. The molecule has 0 saturated heterocycles. The molecule has 1 amide bonds. The van der Waals surface area contributed by atoms with E-state index < -0.39 is 0 Å². The first-order chi connectivity index (χ1) is 14.1. The molecule has 150 valence electrons. The fourth-order valence-corrected chi connectivity index (χ4v) is 3.81. The van der Waals surface area contributed by atoms with E-state index in [4.69, 9.17) is 0 Å². The Kier molecular flexibility index (Phi) is 5.67. The predicted octanol–water partition coefficient (Wildman–Crippen LogP) is 2.53. The number of hydrogen-bond acceptors (Lipinski definition) is 4. The third kappa shape index (κ3) is 4.35. The molecule has 0 aliphatic heterocycles. The van der Waals surface area contributed by atoms with Gasteiger partial charge in [-0.05, 0) is 37.0 Å². The Labute approximate surface area is 169 Å². The molecule has 1 atom stereocenters. The average molecular weight is 393 g/mol. The van der Waals surface area contributed by atoms with E-state index >= 15 is 0 Å². The molecule has 29 heavy (non-hydrogen) atoms. The van der Waals surface area contributed by atoms with Crippen LogP contribution in [0.4, 0.5) is 4.39 Å². The largest absolute Gasteiger partial charge is 0.346 e. The van der Waals surface area contributed by atoms with Crippen LogP contribution in [0.5, 0.6) is 0 Å². The van der Waals surface area contributed by atoms with Crippen LogP contribution >= 0.6 is 0 Å². The minimum absolute atomic E-state index is 0.138. The average Bonchev–Trinajstić information content (AvgIpc) is 3.08. The van der Waals surface area contributed by atoms with Gasteiger partial charge in [0.1, 0.15) is 5.82 Å². The number of pyridine rings is 1. The van der Waals surface area contributed by atoms with Crippen molar-refractivity contribution in [3.8, 4) is 0 Å². The third-order valence-corrected chi connectivity index (χ3v) is 5.38. The van der Waals surface area contributed by atoms with E-state index in [0.717, 1.165) is 42.6 Å². The first-order valence-electron chi connectivity index (χ1n) is 9.80. The Hall–Kier alpha value is -3.06.